The largest absolute Gasteiger partial charge is 0.348 e. The van der Waals surface area contributed by atoms with E-state index in [1.807, 2.05) is 45.0 Å². The minimum absolute atomic E-state index is 0.214. The predicted molar refractivity (Wildman–Crippen MR) is 94.3 cm³/mol. The fourth-order valence-electron chi connectivity index (χ4n) is 2.81. The summed E-state index contributed by atoms with van der Waals surface area (Å²) in [6.07, 6.45) is 1.00. The van der Waals surface area contributed by atoms with E-state index < -0.39 is 11.6 Å². The number of nitrogens with one attached hydrogen (secondary N) is 2. The van der Waals surface area contributed by atoms with Crippen LogP contribution in [0, 0.1) is 0 Å². The van der Waals surface area contributed by atoms with Gasteiger partial charge in [-0.1, -0.05) is 41.9 Å². The molecule has 1 fully saturated rings. The van der Waals surface area contributed by atoms with Crippen molar-refractivity contribution in [2.24, 2.45) is 0 Å². The zero-order valence-corrected chi connectivity index (χ0v) is 15.6. The Bertz CT molecular complexity index is 641. The van der Waals surface area contributed by atoms with Gasteiger partial charge in [0.15, 0.2) is 0 Å². The number of urea groups is 1. The highest BCUT2D eigenvalue weighted by molar-refractivity contribution is 9.10. The number of benzene rings is 1. The summed E-state index contributed by atoms with van der Waals surface area (Å²) in [6.45, 7) is 5.28. The monoisotopic (exact) mass is 395 g/mol. The van der Waals surface area contributed by atoms with Gasteiger partial charge < -0.3 is 10.6 Å². The molecule has 7 heteroatoms. The van der Waals surface area contributed by atoms with E-state index in [2.05, 4.69) is 26.6 Å². The number of rotatable bonds is 6. The van der Waals surface area contributed by atoms with Gasteiger partial charge in [0, 0.05) is 4.47 Å². The highest BCUT2D eigenvalue weighted by Crippen LogP contribution is 2.24. The summed E-state index contributed by atoms with van der Waals surface area (Å²) in [5.74, 6) is -0.694. The van der Waals surface area contributed by atoms with E-state index in [0.717, 1.165) is 14.9 Å². The molecule has 1 aliphatic rings. The van der Waals surface area contributed by atoms with Crippen molar-refractivity contribution in [3.05, 3.63) is 34.3 Å². The number of hydrogen-bond acceptors (Lipinski definition) is 3. The first-order valence-corrected chi connectivity index (χ1v) is 8.81. The van der Waals surface area contributed by atoms with E-state index in [4.69, 9.17) is 0 Å². The Balaban J connectivity index is 2.00. The lowest BCUT2D eigenvalue weighted by Gasteiger charge is -2.23. The van der Waals surface area contributed by atoms with Crippen molar-refractivity contribution < 1.29 is 14.4 Å². The zero-order chi connectivity index (χ0) is 17.9. The summed E-state index contributed by atoms with van der Waals surface area (Å²) in [5.41, 5.74) is 0.0644. The number of carbonyl (C=O) groups is 3. The number of amides is 4. The lowest BCUT2D eigenvalue weighted by molar-refractivity contribution is -0.135. The highest BCUT2D eigenvalue weighted by atomic mass is 79.9. The first kappa shape index (κ1) is 18.4. The summed E-state index contributed by atoms with van der Waals surface area (Å²) < 4.78 is 0.958. The molecule has 0 radical (unpaired) electrons. The van der Waals surface area contributed by atoms with Crippen LogP contribution >= 0.6 is 15.9 Å². The van der Waals surface area contributed by atoms with Crippen molar-refractivity contribution in [2.45, 2.75) is 45.2 Å². The molecule has 1 atom stereocenters. The second kappa shape index (κ2) is 7.34. The average molecular weight is 396 g/mol. The Labute approximate surface area is 150 Å². The van der Waals surface area contributed by atoms with E-state index in [-0.39, 0.29) is 24.4 Å². The molecular formula is C17H22BrN3O3. The molecule has 1 aromatic rings. The molecular weight excluding hydrogens is 374 g/mol. The van der Waals surface area contributed by atoms with Crippen molar-refractivity contribution in [2.75, 3.05) is 6.54 Å². The average Bonchev–Trinajstić information content (AvgIpc) is 2.80. The second-order valence-electron chi connectivity index (χ2n) is 5.95. The molecule has 0 bridgehead atoms. The first-order chi connectivity index (χ1) is 11.3. The first-order valence-electron chi connectivity index (χ1n) is 8.02. The van der Waals surface area contributed by atoms with Crippen molar-refractivity contribution in [3.8, 4) is 0 Å². The molecule has 1 aromatic carbocycles. The summed E-state index contributed by atoms with van der Waals surface area (Å²) in [4.78, 5) is 37.8. The summed E-state index contributed by atoms with van der Waals surface area (Å²) >= 11 is 3.37. The molecule has 0 aromatic heterocycles. The maximum atomic E-state index is 12.5. The third kappa shape index (κ3) is 3.61. The maximum Gasteiger partial charge on any atom is 0.325 e. The third-order valence-corrected chi connectivity index (χ3v) is 5.03. The maximum absolute atomic E-state index is 12.5. The van der Waals surface area contributed by atoms with Crippen LogP contribution in [-0.4, -0.2) is 34.8 Å². The second-order valence-corrected chi connectivity index (χ2v) is 6.87. The number of hydrogen-bond donors (Lipinski definition) is 2. The molecule has 2 N–H and O–H groups in total. The normalized spacial score (nSPS) is 17.6. The van der Waals surface area contributed by atoms with E-state index in [0.29, 0.717) is 12.8 Å². The molecule has 4 amide bonds. The Morgan fingerprint density at radius 3 is 2.33 bits per heavy atom. The number of nitrogens with zero attached hydrogens (tertiary/aromatic N) is 1. The molecule has 130 valence electrons. The topological polar surface area (TPSA) is 78.5 Å². The number of carbonyl (C=O) groups excluding carboxylic acids is 3. The quantitative estimate of drug-likeness (QED) is 0.726. The molecule has 0 saturated carbocycles. The Morgan fingerprint density at radius 1 is 1.25 bits per heavy atom. The standard InChI is InChI=1S/C17H22BrN3O3/c1-4-17(5-2)15(23)21(16(24)20-17)10-14(22)19-11(3)12-6-8-13(18)9-7-12/h6-9,11H,4-5,10H2,1-3H3,(H,19,22)(H,20,24). The van der Waals surface area contributed by atoms with Crippen LogP contribution in [0.3, 0.4) is 0 Å². The molecule has 0 spiro atoms. The smallest absolute Gasteiger partial charge is 0.325 e. The van der Waals surface area contributed by atoms with Crippen molar-refractivity contribution >= 4 is 33.8 Å². The summed E-state index contributed by atoms with van der Waals surface area (Å²) in [6, 6.07) is 6.88. The SMILES string of the molecule is CCC1(CC)NC(=O)N(CC(=O)NC(C)c2ccc(Br)cc2)C1=O. The van der Waals surface area contributed by atoms with Crippen LogP contribution in [-0.2, 0) is 9.59 Å². The van der Waals surface area contributed by atoms with Gasteiger partial charge in [0.05, 0.1) is 6.04 Å². The molecule has 2 rings (SSSR count). The van der Waals surface area contributed by atoms with E-state index in [1.165, 1.54) is 0 Å². The van der Waals surface area contributed by atoms with E-state index >= 15 is 0 Å². The van der Waals surface area contributed by atoms with Gasteiger partial charge in [-0.3, -0.25) is 14.5 Å². The van der Waals surface area contributed by atoms with Crippen molar-refractivity contribution in [1.29, 1.82) is 0 Å². The van der Waals surface area contributed by atoms with Crippen molar-refractivity contribution in [3.63, 3.8) is 0 Å². The van der Waals surface area contributed by atoms with Crippen LogP contribution in [0.5, 0.6) is 0 Å². The molecule has 1 saturated heterocycles. The van der Waals surface area contributed by atoms with Gasteiger partial charge in [-0.2, -0.15) is 0 Å². The Kier molecular flexibility index (Phi) is 5.64. The number of halogens is 1. The van der Waals surface area contributed by atoms with Crippen LogP contribution in [0.15, 0.2) is 28.7 Å². The zero-order valence-electron chi connectivity index (χ0n) is 14.1. The predicted octanol–water partition coefficient (Wildman–Crippen LogP) is 2.74. The Hall–Kier alpha value is -1.89. The minimum Gasteiger partial charge on any atom is -0.348 e. The fourth-order valence-corrected chi connectivity index (χ4v) is 3.08. The third-order valence-electron chi connectivity index (χ3n) is 4.50. The van der Waals surface area contributed by atoms with Gasteiger partial charge >= 0.3 is 6.03 Å². The van der Waals surface area contributed by atoms with Gasteiger partial charge in [-0.25, -0.2) is 4.79 Å². The lowest BCUT2D eigenvalue weighted by atomic mass is 9.93. The van der Waals surface area contributed by atoms with Gasteiger partial charge in [-0.05, 0) is 37.5 Å². The molecule has 1 unspecified atom stereocenters. The lowest BCUT2D eigenvalue weighted by Crippen LogP contribution is -2.46. The van der Waals surface area contributed by atoms with Crippen LogP contribution < -0.4 is 10.6 Å². The highest BCUT2D eigenvalue weighted by Gasteiger charge is 2.49. The van der Waals surface area contributed by atoms with Crippen LogP contribution in [0.25, 0.3) is 0 Å². The molecule has 6 nitrogen and oxygen atoms in total. The van der Waals surface area contributed by atoms with Gasteiger partial charge in [0.1, 0.15) is 12.1 Å². The number of imide groups is 1. The molecule has 24 heavy (non-hydrogen) atoms. The molecule has 1 aliphatic heterocycles. The summed E-state index contributed by atoms with van der Waals surface area (Å²) in [5, 5.41) is 5.53. The van der Waals surface area contributed by atoms with Gasteiger partial charge in [-0.15, -0.1) is 0 Å². The summed E-state index contributed by atoms with van der Waals surface area (Å²) in [7, 11) is 0. The van der Waals surface area contributed by atoms with Crippen molar-refractivity contribution in [1.82, 2.24) is 15.5 Å². The van der Waals surface area contributed by atoms with Crippen LogP contribution in [0.4, 0.5) is 4.79 Å². The van der Waals surface area contributed by atoms with E-state index in [1.54, 1.807) is 0 Å². The fraction of sp³-hybridized carbons (Fsp3) is 0.471. The van der Waals surface area contributed by atoms with E-state index in [9.17, 15) is 14.4 Å². The molecule has 0 aliphatic carbocycles. The minimum atomic E-state index is -0.880. The Morgan fingerprint density at radius 2 is 1.83 bits per heavy atom. The van der Waals surface area contributed by atoms with Gasteiger partial charge in [0.25, 0.3) is 5.91 Å². The van der Waals surface area contributed by atoms with Crippen LogP contribution in [0.2, 0.25) is 0 Å². The van der Waals surface area contributed by atoms with Gasteiger partial charge in [0.2, 0.25) is 5.91 Å². The molecule has 1 heterocycles. The van der Waals surface area contributed by atoms with Crippen LogP contribution in [0.1, 0.15) is 45.2 Å².